The van der Waals surface area contributed by atoms with Gasteiger partial charge < -0.3 is 20.7 Å². The lowest BCUT2D eigenvalue weighted by Crippen LogP contribution is -2.42. The number of aliphatic imine (C=N–C) groups is 2. The quantitative estimate of drug-likeness (QED) is 0.602. The van der Waals surface area contributed by atoms with Crippen molar-refractivity contribution in [3.63, 3.8) is 0 Å². The molecule has 1 aromatic heterocycles. The van der Waals surface area contributed by atoms with Crippen LogP contribution in [0.3, 0.4) is 0 Å². The molecule has 8 nitrogen and oxygen atoms in total. The fourth-order valence-electron chi connectivity index (χ4n) is 2.55. The van der Waals surface area contributed by atoms with Crippen molar-refractivity contribution in [1.82, 2.24) is 15.2 Å². The summed E-state index contributed by atoms with van der Waals surface area (Å²) in [7, 11) is 1.61. The molecule has 0 bridgehead atoms. The first-order valence-corrected chi connectivity index (χ1v) is 7.97. The fraction of sp³-hybridized carbons (Fsp3) is 0.294. The normalized spacial score (nSPS) is 20.0. The molecule has 0 radical (unpaired) electrons. The Hall–Kier alpha value is -3.00. The van der Waals surface area contributed by atoms with Gasteiger partial charge in [0.2, 0.25) is 0 Å². The molecule has 1 saturated heterocycles. The summed E-state index contributed by atoms with van der Waals surface area (Å²) in [4.78, 5) is 27.0. The Labute approximate surface area is 145 Å². The van der Waals surface area contributed by atoms with Crippen molar-refractivity contribution < 1.29 is 9.53 Å². The smallest absolute Gasteiger partial charge is 0.257 e. The summed E-state index contributed by atoms with van der Waals surface area (Å²) in [6.07, 6.45) is 4.84. The van der Waals surface area contributed by atoms with Crippen molar-refractivity contribution in [2.24, 2.45) is 15.7 Å². The summed E-state index contributed by atoms with van der Waals surface area (Å²) < 4.78 is 5.27. The largest absolute Gasteiger partial charge is 0.383 e. The molecule has 3 N–H and O–H groups in total. The third-order valence-electron chi connectivity index (χ3n) is 3.90. The van der Waals surface area contributed by atoms with Crippen molar-refractivity contribution in [3.05, 3.63) is 47.7 Å². The van der Waals surface area contributed by atoms with Crippen LogP contribution in [0.2, 0.25) is 0 Å². The minimum atomic E-state index is -0.0740. The van der Waals surface area contributed by atoms with Crippen LogP contribution < -0.4 is 11.1 Å². The summed E-state index contributed by atoms with van der Waals surface area (Å²) in [5, 5.41) is 3.04. The zero-order valence-corrected chi connectivity index (χ0v) is 14.0. The van der Waals surface area contributed by atoms with E-state index in [1.807, 2.05) is 18.2 Å². The number of nitrogens with two attached hydrogens (primary N) is 1. The molecule has 1 aromatic rings. The number of pyridine rings is 1. The molecule has 0 spiro atoms. The molecule has 3 heterocycles. The number of nitrogens with zero attached hydrogens (tertiary/aromatic N) is 4. The van der Waals surface area contributed by atoms with Gasteiger partial charge in [0.25, 0.3) is 5.91 Å². The van der Waals surface area contributed by atoms with Crippen LogP contribution in [0.15, 0.2) is 52.0 Å². The first-order chi connectivity index (χ1) is 12.2. The lowest BCUT2D eigenvalue weighted by Gasteiger charge is -2.27. The van der Waals surface area contributed by atoms with Gasteiger partial charge >= 0.3 is 0 Å². The van der Waals surface area contributed by atoms with E-state index in [0.29, 0.717) is 54.8 Å². The Bertz CT molecular complexity index is 761. The van der Waals surface area contributed by atoms with Crippen molar-refractivity contribution >= 4 is 23.5 Å². The van der Waals surface area contributed by atoms with E-state index < -0.39 is 0 Å². The predicted molar refractivity (Wildman–Crippen MR) is 95.8 cm³/mol. The topological polar surface area (TPSA) is 105 Å². The highest BCUT2D eigenvalue weighted by Crippen LogP contribution is 2.19. The second kappa shape index (κ2) is 7.71. The molecule has 2 aliphatic heterocycles. The number of hydrogen-bond acceptors (Lipinski definition) is 6. The van der Waals surface area contributed by atoms with Gasteiger partial charge in [-0.15, -0.1) is 0 Å². The summed E-state index contributed by atoms with van der Waals surface area (Å²) in [5.74, 6) is 0.741. The zero-order valence-electron chi connectivity index (χ0n) is 14.0. The van der Waals surface area contributed by atoms with Crippen molar-refractivity contribution in [2.45, 2.75) is 0 Å². The van der Waals surface area contributed by atoms with E-state index in [0.717, 1.165) is 0 Å². The molecular formula is C17H20N6O2. The molecule has 2 aliphatic rings. The van der Waals surface area contributed by atoms with E-state index in [1.54, 1.807) is 24.3 Å². The molecular weight excluding hydrogens is 320 g/mol. The minimum absolute atomic E-state index is 0.0740. The third kappa shape index (κ3) is 3.74. The predicted octanol–water partition coefficient (Wildman–Crippen LogP) is 0.154. The molecule has 0 aliphatic carbocycles. The van der Waals surface area contributed by atoms with Crippen LogP contribution in [0.1, 0.15) is 5.69 Å². The number of nitrogens with one attached hydrogen (secondary N) is 1. The van der Waals surface area contributed by atoms with Gasteiger partial charge in [-0.05, 0) is 12.1 Å². The summed E-state index contributed by atoms with van der Waals surface area (Å²) in [6.45, 7) is 2.28. The highest BCUT2D eigenvalue weighted by atomic mass is 16.5. The van der Waals surface area contributed by atoms with E-state index in [1.165, 1.54) is 6.21 Å². The molecule has 1 fully saturated rings. The Kier molecular flexibility index (Phi) is 5.20. The van der Waals surface area contributed by atoms with E-state index in [4.69, 9.17) is 10.5 Å². The van der Waals surface area contributed by atoms with Crippen molar-refractivity contribution in [2.75, 3.05) is 33.4 Å². The van der Waals surface area contributed by atoms with E-state index in [2.05, 4.69) is 20.3 Å². The maximum Gasteiger partial charge on any atom is 0.257 e. The number of carbonyl (C=O) groups excluding carboxylic acids is 1. The molecule has 1 amide bonds. The third-order valence-corrected chi connectivity index (χ3v) is 3.90. The Morgan fingerprint density at radius 2 is 2.16 bits per heavy atom. The monoisotopic (exact) mass is 340 g/mol. The SMILES string of the molecule is C/N=C(N)\C(=C1\N=CC(C(=O)N2CCOCC2)=CN1)c1ccccn1. The first-order valence-electron chi connectivity index (χ1n) is 7.97. The lowest BCUT2D eigenvalue weighted by molar-refractivity contribution is -0.130. The minimum Gasteiger partial charge on any atom is -0.383 e. The molecule has 130 valence electrons. The van der Waals surface area contributed by atoms with Crippen molar-refractivity contribution in [1.29, 1.82) is 0 Å². The van der Waals surface area contributed by atoms with Crippen LogP contribution in [0.25, 0.3) is 5.57 Å². The number of amidine groups is 1. The van der Waals surface area contributed by atoms with Crippen LogP contribution in [0, 0.1) is 0 Å². The highest BCUT2D eigenvalue weighted by molar-refractivity contribution is 6.22. The van der Waals surface area contributed by atoms with Crippen molar-refractivity contribution in [3.8, 4) is 0 Å². The standard InChI is InChI=1S/C17H20N6O2/c1-19-15(18)14(13-4-2-3-5-20-13)16-21-10-12(11-22-16)17(24)23-6-8-25-9-7-23/h2-5,10-11,21H,6-9H2,1H3,(H2,18,19)/b16-14+. The van der Waals surface area contributed by atoms with Gasteiger partial charge in [0, 0.05) is 38.7 Å². The second-order valence-corrected chi connectivity index (χ2v) is 5.45. The lowest BCUT2D eigenvalue weighted by atomic mass is 10.1. The van der Waals surface area contributed by atoms with Crippen LogP contribution in [-0.2, 0) is 9.53 Å². The molecule has 8 heteroatoms. The Balaban J connectivity index is 1.85. The number of carbonyl (C=O) groups is 1. The van der Waals surface area contributed by atoms with Gasteiger partial charge in [0.05, 0.1) is 30.1 Å². The van der Waals surface area contributed by atoms with Gasteiger partial charge in [-0.2, -0.15) is 0 Å². The number of ether oxygens (including phenoxy) is 1. The second-order valence-electron chi connectivity index (χ2n) is 5.45. The average Bonchev–Trinajstić information content (AvgIpc) is 2.69. The van der Waals surface area contributed by atoms with Crippen LogP contribution in [-0.4, -0.2) is 61.2 Å². The summed E-state index contributed by atoms with van der Waals surface area (Å²) in [6, 6.07) is 5.51. The molecule has 0 saturated carbocycles. The van der Waals surface area contributed by atoms with Gasteiger partial charge in [0.15, 0.2) is 0 Å². The van der Waals surface area contributed by atoms with E-state index >= 15 is 0 Å². The molecule has 25 heavy (non-hydrogen) atoms. The van der Waals surface area contributed by atoms with Crippen LogP contribution in [0.4, 0.5) is 0 Å². The van der Waals surface area contributed by atoms with Gasteiger partial charge in [-0.25, -0.2) is 4.99 Å². The molecule has 0 unspecified atom stereocenters. The van der Waals surface area contributed by atoms with E-state index in [9.17, 15) is 4.79 Å². The Morgan fingerprint density at radius 1 is 1.36 bits per heavy atom. The van der Waals surface area contributed by atoms with Crippen LogP contribution in [0.5, 0.6) is 0 Å². The van der Waals surface area contributed by atoms with E-state index in [-0.39, 0.29) is 5.91 Å². The number of rotatable bonds is 3. The molecule has 0 atom stereocenters. The van der Waals surface area contributed by atoms with Gasteiger partial charge in [-0.1, -0.05) is 6.07 Å². The molecule has 3 rings (SSSR count). The maximum absolute atomic E-state index is 12.5. The fourth-order valence-corrected chi connectivity index (χ4v) is 2.55. The van der Waals surface area contributed by atoms with Crippen LogP contribution >= 0.6 is 0 Å². The number of amides is 1. The highest BCUT2D eigenvalue weighted by Gasteiger charge is 2.22. The average molecular weight is 340 g/mol. The summed E-state index contributed by atoms with van der Waals surface area (Å²) >= 11 is 0. The molecule has 0 aromatic carbocycles. The zero-order chi connectivity index (χ0) is 17.6. The Morgan fingerprint density at radius 3 is 2.76 bits per heavy atom. The van der Waals surface area contributed by atoms with Gasteiger partial charge in [0.1, 0.15) is 11.7 Å². The van der Waals surface area contributed by atoms with Gasteiger partial charge in [-0.3, -0.25) is 14.8 Å². The number of hydrogen-bond donors (Lipinski definition) is 2. The first kappa shape index (κ1) is 16.8. The summed E-state index contributed by atoms with van der Waals surface area (Å²) in [5.41, 5.74) is 7.75. The number of aromatic nitrogens is 1. The number of morpholine rings is 1. The maximum atomic E-state index is 12.5.